The summed E-state index contributed by atoms with van der Waals surface area (Å²) in [7, 11) is -16.4. The Morgan fingerprint density at radius 1 is 0.713 bits per heavy atom. The number of imidazole rings is 1. The highest BCUT2D eigenvalue weighted by Gasteiger charge is 2.50. The third kappa shape index (κ3) is 34.9. The van der Waals surface area contributed by atoms with Crippen LogP contribution in [0.15, 0.2) is 73.4 Å². The minimum absolute atomic E-state index is 0.0324. The van der Waals surface area contributed by atoms with E-state index in [1.54, 1.807) is 6.08 Å². The second kappa shape index (κ2) is 43.9. The molecule has 1 aliphatic rings. The number of carbonyl (C=O) groups excluding carboxylic acids is 3. The molecule has 1 aliphatic heterocycles. The van der Waals surface area contributed by atoms with Gasteiger partial charge in [-0.1, -0.05) is 196 Å². The van der Waals surface area contributed by atoms with Gasteiger partial charge in [0.1, 0.15) is 36.3 Å². The number of phosphoric acid groups is 3. The third-order valence-electron chi connectivity index (χ3n) is 14.2. The van der Waals surface area contributed by atoms with Crippen LogP contribution in [0.2, 0.25) is 0 Å². The number of hydrogen-bond acceptors (Lipinski definition) is 18. The number of thioether (sulfide) groups is 1. The van der Waals surface area contributed by atoms with Crippen LogP contribution in [-0.2, 0) is 50.7 Å². The highest BCUT2D eigenvalue weighted by atomic mass is 32.2. The van der Waals surface area contributed by atoms with E-state index >= 15 is 0 Å². The zero-order valence-electron chi connectivity index (χ0n) is 51.2. The number of unbranched alkanes of at least 4 members (excludes halogenated alkanes) is 21. The highest BCUT2D eigenvalue weighted by molar-refractivity contribution is 8.14. The molecule has 1 fully saturated rings. The largest absolute Gasteiger partial charge is 0.481 e. The van der Waals surface area contributed by atoms with Crippen LogP contribution in [0, 0.1) is 5.41 Å². The molecule has 0 saturated carbocycles. The van der Waals surface area contributed by atoms with E-state index in [0.29, 0.717) is 5.75 Å². The van der Waals surface area contributed by atoms with Crippen molar-refractivity contribution in [3.05, 3.63) is 73.4 Å². The number of aliphatic hydroxyl groups is 2. The fraction of sp³-hybridized carbons (Fsp3) is 0.695. The summed E-state index contributed by atoms with van der Waals surface area (Å²) in [6.45, 7) is 2.76. The molecule has 1 saturated heterocycles. The first-order valence-electron chi connectivity index (χ1n) is 30.9. The molecule has 3 heterocycles. The molecule has 2 unspecified atom stereocenters. The van der Waals surface area contributed by atoms with Crippen molar-refractivity contribution in [1.29, 1.82) is 0 Å². The maximum atomic E-state index is 12.8. The van der Waals surface area contributed by atoms with E-state index in [2.05, 4.69) is 90.0 Å². The van der Waals surface area contributed by atoms with Gasteiger partial charge >= 0.3 is 23.5 Å². The number of phosphoric ester groups is 3. The topological polar surface area (TPSA) is 364 Å². The first-order chi connectivity index (χ1) is 41.6. The number of fused-ring (bicyclic) bond motifs is 1. The molecule has 2 amide bonds. The smallest absolute Gasteiger partial charge is 0.386 e. The number of allylic oxidation sites excluding steroid dienone is 9. The molecule has 3 rings (SSSR count). The molecule has 10 N–H and O–H groups in total. The van der Waals surface area contributed by atoms with Gasteiger partial charge < -0.3 is 50.9 Å². The molecule has 0 spiro atoms. The number of aliphatic hydroxyl groups excluding tert-OH is 2. The predicted octanol–water partition coefficient (Wildman–Crippen LogP) is 11.6. The Kier molecular flexibility index (Phi) is 39.1. The number of nitrogens with two attached hydrogens (primary N) is 1. The Labute approximate surface area is 518 Å². The van der Waals surface area contributed by atoms with Crippen molar-refractivity contribution in [2.45, 2.75) is 225 Å². The average Bonchev–Trinajstić information content (AvgIpc) is 1.70. The summed E-state index contributed by atoms with van der Waals surface area (Å²) in [6, 6.07) is 0. The van der Waals surface area contributed by atoms with Crippen molar-refractivity contribution in [2.75, 3.05) is 37.8 Å². The molecule has 494 valence electrons. The van der Waals surface area contributed by atoms with Gasteiger partial charge in [0.05, 0.1) is 19.5 Å². The summed E-state index contributed by atoms with van der Waals surface area (Å²) in [5.74, 6) is -1.10. The van der Waals surface area contributed by atoms with Crippen molar-refractivity contribution >= 4 is 69.1 Å². The first-order valence-corrected chi connectivity index (χ1v) is 36.4. The lowest BCUT2D eigenvalue weighted by Crippen LogP contribution is -2.46. The molecule has 7 atom stereocenters. The van der Waals surface area contributed by atoms with Crippen LogP contribution >= 0.6 is 35.2 Å². The summed E-state index contributed by atoms with van der Waals surface area (Å²) in [4.78, 5) is 88.8. The zero-order valence-corrected chi connectivity index (χ0v) is 54.7. The molecular weight excluding hydrogens is 1200 g/mol. The van der Waals surface area contributed by atoms with Gasteiger partial charge in [0.2, 0.25) is 16.9 Å². The number of anilines is 1. The zero-order chi connectivity index (χ0) is 63.8. The molecule has 0 bridgehead atoms. The second-order valence-electron chi connectivity index (χ2n) is 22.3. The maximum Gasteiger partial charge on any atom is 0.481 e. The van der Waals surface area contributed by atoms with Crippen molar-refractivity contribution in [3.8, 4) is 0 Å². The molecule has 0 radical (unpaired) electrons. The minimum atomic E-state index is -5.59. The summed E-state index contributed by atoms with van der Waals surface area (Å²) in [6.07, 6.45) is 47.1. The highest BCUT2D eigenvalue weighted by Crippen LogP contribution is 2.61. The van der Waals surface area contributed by atoms with Gasteiger partial charge in [0.25, 0.3) is 0 Å². The van der Waals surface area contributed by atoms with Crippen molar-refractivity contribution in [2.24, 2.45) is 5.41 Å². The van der Waals surface area contributed by atoms with Gasteiger partial charge in [-0.2, -0.15) is 4.31 Å². The van der Waals surface area contributed by atoms with Crippen molar-refractivity contribution < 1.29 is 80.5 Å². The van der Waals surface area contributed by atoms with Crippen LogP contribution in [0.25, 0.3) is 11.2 Å². The van der Waals surface area contributed by atoms with Gasteiger partial charge in [-0.05, 0) is 63.9 Å². The number of amides is 2. The minimum Gasteiger partial charge on any atom is -0.386 e. The van der Waals surface area contributed by atoms with Crippen molar-refractivity contribution in [3.63, 3.8) is 0 Å². The summed E-state index contributed by atoms with van der Waals surface area (Å²) in [5, 5.41) is 26.6. The van der Waals surface area contributed by atoms with E-state index in [1.807, 2.05) is 6.08 Å². The van der Waals surface area contributed by atoms with E-state index in [-0.39, 0.29) is 41.6 Å². The number of nitrogens with zero attached hydrogens (tertiary/aromatic N) is 4. The Bertz CT molecular complexity index is 2600. The van der Waals surface area contributed by atoms with Gasteiger partial charge in [0, 0.05) is 30.7 Å². The van der Waals surface area contributed by atoms with Crippen LogP contribution < -0.4 is 16.4 Å². The van der Waals surface area contributed by atoms with Crippen LogP contribution in [0.5, 0.6) is 0 Å². The van der Waals surface area contributed by atoms with E-state index in [1.165, 1.54) is 142 Å². The summed E-state index contributed by atoms with van der Waals surface area (Å²) < 4.78 is 62.7. The lowest BCUT2D eigenvalue weighted by atomic mass is 9.87. The van der Waals surface area contributed by atoms with E-state index in [0.717, 1.165) is 67.5 Å². The fourth-order valence-corrected chi connectivity index (χ4v) is 12.7. The van der Waals surface area contributed by atoms with Gasteiger partial charge in [-0.3, -0.25) is 32.5 Å². The van der Waals surface area contributed by atoms with Crippen molar-refractivity contribution in [1.82, 2.24) is 30.2 Å². The molecule has 0 aromatic carbocycles. The monoisotopic (exact) mass is 1300 g/mol. The maximum absolute atomic E-state index is 12.8. The molecule has 28 heteroatoms. The number of carbonyl (C=O) groups is 3. The Hall–Kier alpha value is -3.74. The first kappa shape index (κ1) is 77.5. The molecule has 0 aliphatic carbocycles. The quantitative estimate of drug-likeness (QED) is 0.0129. The molecule has 2 aromatic rings. The summed E-state index contributed by atoms with van der Waals surface area (Å²) >= 11 is 1.07. The number of nitrogens with one attached hydrogen (secondary N) is 2. The standard InChI is InChI=1S/C59H100N7O17P3S/c1-4-5-6-7-8-9-10-11-12-13-14-15-16-17-18-19-20-21-22-23-24-25-26-27-28-29-30-31-32-33-34-35-36-37-38-39-50(68)87-43-42-61-49(67)40-41-62-57(71)54(70)59(2,3)45-80-86(77,78)83-85(75,76)79-44-48-53(82-84(72,73)74)52(69)58(81-48)66-47-65-51-55(60)63-46-64-56(51)66/h8-9,11-12,14-15,17-18,38-39,46-48,52-54,58,69-70H,4-7,10,13,16,19-37,40-45H2,1-3H3,(H,61,67)(H,62,71)(H,75,76)(H,77,78)(H2,60,63,64)(H2,72,73,74)/b9-8-,12-11-,15-14-,18-17-,39-38+/t48-,52-,53-,54+,58-/m1/s1. The number of ether oxygens (including phenoxy) is 1. The molecule has 24 nitrogen and oxygen atoms in total. The Morgan fingerprint density at radius 2 is 1.22 bits per heavy atom. The number of aromatic nitrogens is 4. The van der Waals surface area contributed by atoms with E-state index < -0.39 is 84.6 Å². The number of rotatable bonds is 50. The third-order valence-corrected chi connectivity index (χ3v) is 18.1. The van der Waals surface area contributed by atoms with Crippen LogP contribution in [0.4, 0.5) is 5.82 Å². The van der Waals surface area contributed by atoms with Gasteiger partial charge in [-0.25, -0.2) is 28.6 Å². The van der Waals surface area contributed by atoms with Gasteiger partial charge in [-0.15, -0.1) is 0 Å². The van der Waals surface area contributed by atoms with E-state index in [4.69, 9.17) is 19.5 Å². The van der Waals surface area contributed by atoms with Gasteiger partial charge in [0.15, 0.2) is 17.7 Å². The average molecular weight is 1300 g/mol. The SMILES string of the molecule is CCCCC/C=C\C/C=C\C/C=C\C/C=C\CCCCCCCCCCCCCCCCCCC/C=C/C(=O)SCCNC(=O)CCNC(=O)[C@H](O)C(C)(C)COP(=O)(O)OP(=O)(O)OC[C@H]1O[C@@H](n2cnc3c(N)ncnc32)[C@H](O)[C@@H]1OP(=O)(O)O. The lowest BCUT2D eigenvalue weighted by molar-refractivity contribution is -0.137. The normalized spacial score (nSPS) is 18.7. The molecular formula is C59H100N7O17P3S. The Balaban J connectivity index is 1.12. The summed E-state index contributed by atoms with van der Waals surface area (Å²) in [5.41, 5.74) is 4.29. The van der Waals surface area contributed by atoms with Crippen LogP contribution in [-0.4, -0.2) is 123 Å². The Morgan fingerprint density at radius 3 is 1.76 bits per heavy atom. The molecule has 87 heavy (non-hydrogen) atoms. The fourth-order valence-electron chi connectivity index (χ4n) is 9.25. The van der Waals surface area contributed by atoms with E-state index in [9.17, 15) is 57.9 Å². The lowest BCUT2D eigenvalue weighted by Gasteiger charge is -2.30. The predicted molar refractivity (Wildman–Crippen MR) is 339 cm³/mol. The van der Waals surface area contributed by atoms with Crippen LogP contribution in [0.3, 0.4) is 0 Å². The number of hydrogen-bond donors (Lipinski definition) is 9. The number of nitrogen functional groups attached to an aromatic ring is 1. The second-order valence-corrected chi connectivity index (χ2v) is 27.7. The molecule has 2 aromatic heterocycles. The van der Waals surface area contributed by atoms with Crippen LogP contribution in [0.1, 0.15) is 200 Å².